The van der Waals surface area contributed by atoms with E-state index in [1.54, 1.807) is 41.8 Å². The number of nitro groups is 1. The van der Waals surface area contributed by atoms with Gasteiger partial charge in [0.1, 0.15) is 6.04 Å². The molecule has 0 saturated carbocycles. The first-order chi connectivity index (χ1) is 16.9. The lowest BCUT2D eigenvalue weighted by Crippen LogP contribution is -2.54. The summed E-state index contributed by atoms with van der Waals surface area (Å²) in [7, 11) is -6.03. The number of rotatable bonds is 13. The minimum atomic E-state index is -4.18. The van der Waals surface area contributed by atoms with Gasteiger partial charge in [-0.1, -0.05) is 55.7 Å². The molecule has 0 fully saturated rings. The first kappa shape index (κ1) is 29.0. The molecule has 0 saturated heterocycles. The molecule has 13 nitrogen and oxygen atoms in total. The summed E-state index contributed by atoms with van der Waals surface area (Å²) in [4.78, 5) is 23.4. The molecule has 0 aliphatic carbocycles. The fraction of sp³-hybridized carbons (Fsp3) is 0.429. The molecule has 15 heteroatoms. The Bertz CT molecular complexity index is 1170. The zero-order valence-corrected chi connectivity index (χ0v) is 20.8. The third-order valence-electron chi connectivity index (χ3n) is 5.24. The van der Waals surface area contributed by atoms with Gasteiger partial charge in [0.15, 0.2) is 5.03 Å². The van der Waals surface area contributed by atoms with Gasteiger partial charge < -0.3 is 20.7 Å². The van der Waals surface area contributed by atoms with Crippen LogP contribution < -0.4 is 20.8 Å². The first-order valence-corrected chi connectivity index (χ1v) is 12.8. The predicted octanol–water partition coefficient (Wildman–Crippen LogP) is 0.115. The maximum Gasteiger partial charge on any atom is 0.475 e. The lowest BCUT2D eigenvalue weighted by molar-refractivity contribution is -0.525. The topological polar surface area (TPSA) is 207 Å². The molecule has 0 aliphatic heterocycles. The van der Waals surface area contributed by atoms with E-state index in [0.717, 1.165) is 0 Å². The van der Waals surface area contributed by atoms with E-state index < -0.39 is 46.0 Å². The van der Waals surface area contributed by atoms with E-state index in [1.807, 2.05) is 13.8 Å². The molecule has 2 aromatic rings. The van der Waals surface area contributed by atoms with Gasteiger partial charge in [-0.05, 0) is 36.6 Å². The standard InChI is InChI=1S/C21H31BN6O7S/c1-14(2)13-19(22(30)31)25-20(29)17(10-6-12-24-21(23)26-28(32)33)27-36(34,35)18-11-5-8-15-7-3-4-9-16(15)18/h3-5,7-9,11,14,17,19,27,30-31H,6,10,12-13H2,1-2H3,(H,25,29)(H3,23,24,26)/t17-,19-/m0/s1. The van der Waals surface area contributed by atoms with Crippen molar-refractivity contribution < 1.29 is 28.3 Å². The second kappa shape index (κ2) is 13.2. The van der Waals surface area contributed by atoms with Crippen molar-refractivity contribution in [2.75, 3.05) is 6.54 Å². The summed E-state index contributed by atoms with van der Waals surface area (Å²) in [5.74, 6) is -2.31. The van der Waals surface area contributed by atoms with Crippen molar-refractivity contribution in [3.05, 3.63) is 52.6 Å². The highest BCUT2D eigenvalue weighted by Gasteiger charge is 2.31. The minimum absolute atomic E-state index is 0.0191. The summed E-state index contributed by atoms with van der Waals surface area (Å²) < 4.78 is 29.0. The molecule has 0 aromatic heterocycles. The maximum absolute atomic E-state index is 13.3. The second-order valence-corrected chi connectivity index (χ2v) is 10.3. The molecule has 0 unspecified atom stereocenters. The quantitative estimate of drug-likeness (QED) is 0.0475. The highest BCUT2D eigenvalue weighted by Crippen LogP contribution is 2.23. The summed E-state index contributed by atoms with van der Waals surface area (Å²) in [5.41, 5.74) is 1.64. The Labute approximate surface area is 209 Å². The number of carbonyl (C=O) groups is 1. The molecule has 36 heavy (non-hydrogen) atoms. The van der Waals surface area contributed by atoms with Crippen molar-refractivity contribution >= 4 is 39.8 Å². The molecule has 2 aromatic carbocycles. The van der Waals surface area contributed by atoms with E-state index in [1.165, 1.54) is 6.07 Å². The third-order valence-corrected chi connectivity index (χ3v) is 6.77. The molecule has 7 N–H and O–H groups in total. The average molecular weight is 522 g/mol. The smallest absolute Gasteiger partial charge is 0.426 e. The predicted molar refractivity (Wildman–Crippen MR) is 135 cm³/mol. The van der Waals surface area contributed by atoms with Gasteiger partial charge in [0.25, 0.3) is 5.96 Å². The molecule has 0 aliphatic rings. The monoisotopic (exact) mass is 522 g/mol. The maximum atomic E-state index is 13.3. The minimum Gasteiger partial charge on any atom is -0.426 e. The van der Waals surface area contributed by atoms with Gasteiger partial charge in [-0.15, -0.1) is 0 Å². The van der Waals surface area contributed by atoms with Crippen LogP contribution in [-0.4, -0.2) is 61.0 Å². The van der Waals surface area contributed by atoms with Gasteiger partial charge >= 0.3 is 7.12 Å². The number of hydrogen-bond acceptors (Lipinski definition) is 8. The van der Waals surface area contributed by atoms with Gasteiger partial charge in [-0.3, -0.25) is 10.2 Å². The second-order valence-electron chi connectivity index (χ2n) is 8.62. The molecular formula is C21H31BN6O7S. The van der Waals surface area contributed by atoms with Crippen LogP contribution in [0.15, 0.2) is 47.4 Å². The molecule has 0 spiro atoms. The zero-order valence-electron chi connectivity index (χ0n) is 20.0. The van der Waals surface area contributed by atoms with Crippen LogP contribution in [0.5, 0.6) is 0 Å². The van der Waals surface area contributed by atoms with E-state index in [2.05, 4.69) is 15.4 Å². The number of sulfonamides is 1. The van der Waals surface area contributed by atoms with E-state index >= 15 is 0 Å². The Morgan fingerprint density at radius 2 is 1.83 bits per heavy atom. The molecule has 0 radical (unpaired) electrons. The summed E-state index contributed by atoms with van der Waals surface area (Å²) in [6, 6.07) is 10.4. The van der Waals surface area contributed by atoms with Crippen LogP contribution in [0.1, 0.15) is 33.1 Å². The van der Waals surface area contributed by atoms with Gasteiger partial charge in [-0.25, -0.2) is 18.5 Å². The SMILES string of the molecule is CC(C)C[C@H](NC(=O)[C@H](CCCNC(=N)N[N+](=O)[O-])NS(=O)(=O)c1cccc2ccccc12)B(O)O. The van der Waals surface area contributed by atoms with Crippen LogP contribution >= 0.6 is 0 Å². The normalized spacial score (nSPS) is 13.1. The largest absolute Gasteiger partial charge is 0.475 e. The number of amides is 1. The van der Waals surface area contributed by atoms with Crippen molar-refractivity contribution in [2.45, 2.75) is 50.0 Å². The molecule has 1 amide bonds. The third kappa shape index (κ3) is 8.75. The number of fused-ring (bicyclic) bond motifs is 1. The van der Waals surface area contributed by atoms with Crippen molar-refractivity contribution in [3.8, 4) is 0 Å². The highest BCUT2D eigenvalue weighted by molar-refractivity contribution is 7.89. The van der Waals surface area contributed by atoms with Crippen molar-refractivity contribution in [1.29, 1.82) is 5.41 Å². The molecule has 2 rings (SSSR count). The Balaban J connectivity index is 2.23. The van der Waals surface area contributed by atoms with Crippen LogP contribution in [-0.2, 0) is 14.8 Å². The summed E-state index contributed by atoms with van der Waals surface area (Å²) in [5, 5.41) is 42.4. The molecule has 0 heterocycles. The van der Waals surface area contributed by atoms with Crippen LogP contribution in [0.3, 0.4) is 0 Å². The summed E-state index contributed by atoms with van der Waals surface area (Å²) >= 11 is 0. The number of carbonyl (C=O) groups excluding carboxylic acids is 1. The van der Waals surface area contributed by atoms with Gasteiger partial charge in [-0.2, -0.15) is 4.72 Å². The van der Waals surface area contributed by atoms with Crippen molar-refractivity contribution in [3.63, 3.8) is 0 Å². The Morgan fingerprint density at radius 3 is 2.47 bits per heavy atom. The summed E-state index contributed by atoms with van der Waals surface area (Å²) in [6.45, 7) is 3.71. The van der Waals surface area contributed by atoms with Crippen molar-refractivity contribution in [1.82, 2.24) is 20.8 Å². The number of hydrogen-bond donors (Lipinski definition) is 7. The lowest BCUT2D eigenvalue weighted by atomic mass is 9.75. The number of nitrogens with one attached hydrogen (secondary N) is 5. The van der Waals surface area contributed by atoms with Crippen LogP contribution in [0, 0.1) is 21.4 Å². The fourth-order valence-corrected chi connectivity index (χ4v) is 5.08. The Hall–Kier alpha value is -3.27. The summed E-state index contributed by atoms with van der Waals surface area (Å²) in [6.07, 6.45) is 0.371. The van der Waals surface area contributed by atoms with E-state index in [4.69, 9.17) is 5.41 Å². The fourth-order valence-electron chi connectivity index (χ4n) is 3.62. The van der Waals surface area contributed by atoms with Gasteiger partial charge in [0, 0.05) is 11.9 Å². The highest BCUT2D eigenvalue weighted by atomic mass is 32.2. The van der Waals surface area contributed by atoms with Crippen molar-refractivity contribution in [2.24, 2.45) is 5.92 Å². The molecule has 196 valence electrons. The van der Waals surface area contributed by atoms with Gasteiger partial charge in [0.05, 0.1) is 10.8 Å². The number of benzene rings is 2. The average Bonchev–Trinajstić information content (AvgIpc) is 2.79. The molecule has 0 bridgehead atoms. The Kier molecular flexibility index (Phi) is 10.6. The first-order valence-electron chi connectivity index (χ1n) is 11.3. The van der Waals surface area contributed by atoms with E-state index in [0.29, 0.717) is 10.8 Å². The Morgan fingerprint density at radius 1 is 1.17 bits per heavy atom. The van der Waals surface area contributed by atoms with E-state index in [-0.39, 0.29) is 36.6 Å². The number of hydrazine groups is 1. The lowest BCUT2D eigenvalue weighted by Gasteiger charge is -2.24. The van der Waals surface area contributed by atoms with E-state index in [9.17, 15) is 33.4 Å². The molecular weight excluding hydrogens is 491 g/mol. The van der Waals surface area contributed by atoms with Crippen LogP contribution in [0.4, 0.5) is 0 Å². The molecule has 2 atom stereocenters. The number of nitrogens with zero attached hydrogens (tertiary/aromatic N) is 1. The van der Waals surface area contributed by atoms with Crippen LogP contribution in [0.25, 0.3) is 10.8 Å². The number of guanidine groups is 1. The van der Waals surface area contributed by atoms with Crippen LogP contribution in [0.2, 0.25) is 0 Å². The zero-order chi connectivity index (χ0) is 26.9. The van der Waals surface area contributed by atoms with Gasteiger partial charge in [0.2, 0.25) is 15.9 Å².